The first-order valence-electron chi connectivity index (χ1n) is 7.38. The summed E-state index contributed by atoms with van der Waals surface area (Å²) >= 11 is 0. The predicted molar refractivity (Wildman–Crippen MR) is 79.2 cm³/mol. The van der Waals surface area contributed by atoms with Gasteiger partial charge in [-0.25, -0.2) is 0 Å². The van der Waals surface area contributed by atoms with Crippen LogP contribution in [-0.2, 0) is 11.3 Å². The zero-order valence-electron chi connectivity index (χ0n) is 11.9. The lowest BCUT2D eigenvalue weighted by Crippen LogP contribution is -2.54. The monoisotopic (exact) mass is 272 g/mol. The van der Waals surface area contributed by atoms with E-state index in [1.165, 1.54) is 5.56 Å². The topological polar surface area (TPSA) is 43.8 Å². The van der Waals surface area contributed by atoms with Gasteiger partial charge in [-0.05, 0) is 18.9 Å². The van der Waals surface area contributed by atoms with Crippen LogP contribution >= 0.6 is 0 Å². The third-order valence-corrected chi connectivity index (χ3v) is 4.55. The van der Waals surface area contributed by atoms with Crippen molar-refractivity contribution < 1.29 is 9.82 Å². The summed E-state index contributed by atoms with van der Waals surface area (Å²) in [5.41, 5.74) is 1.28. The van der Waals surface area contributed by atoms with Crippen LogP contribution in [0.2, 0.25) is 6.82 Å². The third kappa shape index (κ3) is 2.66. The smallest absolute Gasteiger partial charge is 0.376 e. The first-order chi connectivity index (χ1) is 9.65. The molecule has 1 N–H and O–H groups in total. The van der Waals surface area contributed by atoms with E-state index in [4.69, 9.17) is 0 Å². The summed E-state index contributed by atoms with van der Waals surface area (Å²) in [4.78, 5) is 16.5. The Morgan fingerprint density at radius 3 is 2.75 bits per heavy atom. The maximum Gasteiger partial charge on any atom is 0.376 e. The molecule has 2 fully saturated rings. The highest BCUT2D eigenvalue weighted by Crippen LogP contribution is 2.29. The first-order valence-corrected chi connectivity index (χ1v) is 7.38. The minimum atomic E-state index is -0.465. The van der Waals surface area contributed by atoms with Gasteiger partial charge in [0.2, 0.25) is 0 Å². The van der Waals surface area contributed by atoms with E-state index in [1.807, 2.05) is 18.2 Å². The lowest BCUT2D eigenvalue weighted by atomic mass is 9.77. The van der Waals surface area contributed by atoms with E-state index in [0.29, 0.717) is 18.7 Å². The van der Waals surface area contributed by atoms with Crippen LogP contribution in [0, 0.1) is 5.92 Å². The number of Topliss-reactive ketones (excluding diaryl/α,β-unsaturated/α-hetero) is 1. The average Bonchev–Trinajstić information content (AvgIpc) is 2.84. The Morgan fingerprint density at radius 2 is 2.05 bits per heavy atom. The van der Waals surface area contributed by atoms with Crippen LogP contribution in [-0.4, -0.2) is 53.2 Å². The van der Waals surface area contributed by atoms with Crippen molar-refractivity contribution in [1.82, 2.24) is 9.71 Å². The molecule has 0 radical (unpaired) electrons. The highest BCUT2D eigenvalue weighted by Gasteiger charge is 2.45. The second kappa shape index (κ2) is 5.68. The Hall–Kier alpha value is -1.17. The maximum atomic E-state index is 12.1. The molecule has 2 heterocycles. The molecule has 2 aliphatic rings. The van der Waals surface area contributed by atoms with Gasteiger partial charge in [-0.3, -0.25) is 9.69 Å². The molecular formula is C15H21BN2O2. The van der Waals surface area contributed by atoms with Crippen LogP contribution in [0.3, 0.4) is 0 Å². The summed E-state index contributed by atoms with van der Waals surface area (Å²) in [6.07, 6.45) is 0.575. The van der Waals surface area contributed by atoms with Crippen molar-refractivity contribution in [2.24, 2.45) is 5.92 Å². The fraction of sp³-hybridized carbons (Fsp3) is 0.533. The van der Waals surface area contributed by atoms with Gasteiger partial charge in [-0.2, -0.15) is 0 Å². The average molecular weight is 272 g/mol. The summed E-state index contributed by atoms with van der Waals surface area (Å²) in [6.45, 7) is 5.07. The molecule has 2 atom stereocenters. The van der Waals surface area contributed by atoms with Gasteiger partial charge >= 0.3 is 7.05 Å². The van der Waals surface area contributed by atoms with Crippen LogP contribution in [0.1, 0.15) is 12.0 Å². The Balaban J connectivity index is 1.71. The van der Waals surface area contributed by atoms with Gasteiger partial charge in [0, 0.05) is 38.0 Å². The summed E-state index contributed by atoms with van der Waals surface area (Å²) in [7, 11) is -0.465. The number of likely N-dealkylation sites (tertiary alicyclic amines) is 1. The fourth-order valence-corrected chi connectivity index (χ4v) is 3.54. The van der Waals surface area contributed by atoms with E-state index in [1.54, 1.807) is 6.82 Å². The number of piperidine rings is 1. The van der Waals surface area contributed by atoms with Gasteiger partial charge in [0.25, 0.3) is 0 Å². The van der Waals surface area contributed by atoms with E-state index < -0.39 is 7.05 Å². The van der Waals surface area contributed by atoms with Crippen LogP contribution in [0.5, 0.6) is 0 Å². The van der Waals surface area contributed by atoms with Crippen molar-refractivity contribution in [2.45, 2.75) is 25.8 Å². The molecule has 2 saturated heterocycles. The molecule has 2 aliphatic heterocycles. The molecular weight excluding hydrogens is 251 g/mol. The normalized spacial score (nSPS) is 27.6. The molecule has 1 aromatic carbocycles. The third-order valence-electron chi connectivity index (χ3n) is 4.55. The maximum absolute atomic E-state index is 12.1. The zero-order chi connectivity index (χ0) is 14.1. The van der Waals surface area contributed by atoms with Crippen molar-refractivity contribution >= 4 is 12.8 Å². The fourth-order valence-electron chi connectivity index (χ4n) is 3.54. The standard InChI is InChI=1S/C15H21BN2O2/c1-16(20)18-8-7-15(19)13-10-17(11-14(13)18)9-12-5-3-2-4-6-12/h2-6,13-14,20H,7-11H2,1H3/t13-,14?/m1/s1. The Bertz CT molecular complexity index is 480. The molecule has 1 unspecified atom stereocenters. The number of benzene rings is 1. The molecule has 0 aromatic heterocycles. The van der Waals surface area contributed by atoms with Gasteiger partial charge in [-0.1, -0.05) is 30.3 Å². The summed E-state index contributed by atoms with van der Waals surface area (Å²) in [5.74, 6) is 0.435. The van der Waals surface area contributed by atoms with Crippen LogP contribution < -0.4 is 0 Å². The van der Waals surface area contributed by atoms with Crippen LogP contribution in [0.4, 0.5) is 0 Å². The van der Waals surface area contributed by atoms with E-state index in [-0.39, 0.29) is 12.0 Å². The highest BCUT2D eigenvalue weighted by atomic mass is 16.2. The van der Waals surface area contributed by atoms with Crippen molar-refractivity contribution in [2.75, 3.05) is 19.6 Å². The number of rotatable bonds is 3. The van der Waals surface area contributed by atoms with Crippen molar-refractivity contribution in [1.29, 1.82) is 0 Å². The molecule has 0 amide bonds. The number of ketones is 1. The van der Waals surface area contributed by atoms with E-state index in [9.17, 15) is 9.82 Å². The van der Waals surface area contributed by atoms with E-state index in [0.717, 1.165) is 19.6 Å². The second-order valence-corrected chi connectivity index (χ2v) is 5.94. The van der Waals surface area contributed by atoms with Crippen molar-refractivity contribution in [3.63, 3.8) is 0 Å². The van der Waals surface area contributed by atoms with Gasteiger partial charge < -0.3 is 9.83 Å². The Morgan fingerprint density at radius 1 is 1.30 bits per heavy atom. The zero-order valence-corrected chi connectivity index (χ0v) is 11.9. The quantitative estimate of drug-likeness (QED) is 0.829. The minimum absolute atomic E-state index is 0.0714. The van der Waals surface area contributed by atoms with E-state index >= 15 is 0 Å². The number of carbonyl (C=O) groups is 1. The lowest BCUT2D eigenvalue weighted by molar-refractivity contribution is -0.126. The molecule has 20 heavy (non-hydrogen) atoms. The largest absolute Gasteiger partial charge is 0.437 e. The lowest BCUT2D eigenvalue weighted by Gasteiger charge is -2.36. The molecule has 106 valence electrons. The summed E-state index contributed by atoms with van der Waals surface area (Å²) in [5, 5.41) is 9.88. The molecule has 3 rings (SSSR count). The van der Waals surface area contributed by atoms with Gasteiger partial charge in [-0.15, -0.1) is 0 Å². The number of carbonyl (C=O) groups excluding carboxylic acids is 1. The van der Waals surface area contributed by atoms with Gasteiger partial charge in [0.15, 0.2) is 0 Å². The first kappa shape index (κ1) is 13.8. The summed E-state index contributed by atoms with van der Waals surface area (Å²) < 4.78 is 0. The Kier molecular flexibility index (Phi) is 3.92. The SMILES string of the molecule is CB(O)N1CCC(=O)[C@@H]2CN(Cc3ccccc3)CC21. The van der Waals surface area contributed by atoms with Crippen LogP contribution in [0.15, 0.2) is 30.3 Å². The van der Waals surface area contributed by atoms with Gasteiger partial charge in [0.1, 0.15) is 5.78 Å². The molecule has 5 heteroatoms. The minimum Gasteiger partial charge on any atom is -0.437 e. The second-order valence-electron chi connectivity index (χ2n) is 5.94. The summed E-state index contributed by atoms with van der Waals surface area (Å²) in [6, 6.07) is 10.5. The number of hydrogen-bond acceptors (Lipinski definition) is 4. The predicted octanol–water partition coefficient (Wildman–Crippen LogP) is 0.872. The molecule has 4 nitrogen and oxygen atoms in total. The number of fused-ring (bicyclic) bond motifs is 1. The number of nitrogens with zero attached hydrogens (tertiary/aromatic N) is 2. The highest BCUT2D eigenvalue weighted by molar-refractivity contribution is 6.45. The number of hydrogen-bond donors (Lipinski definition) is 1. The Labute approximate surface area is 120 Å². The van der Waals surface area contributed by atoms with E-state index in [2.05, 4.69) is 21.8 Å². The molecule has 1 aromatic rings. The van der Waals surface area contributed by atoms with Gasteiger partial charge in [0.05, 0.1) is 0 Å². The van der Waals surface area contributed by atoms with Crippen molar-refractivity contribution in [3.8, 4) is 0 Å². The molecule has 0 saturated carbocycles. The molecule has 0 spiro atoms. The van der Waals surface area contributed by atoms with Crippen molar-refractivity contribution in [3.05, 3.63) is 35.9 Å². The molecule has 0 bridgehead atoms. The van der Waals surface area contributed by atoms with Crippen LogP contribution in [0.25, 0.3) is 0 Å². The molecule has 0 aliphatic carbocycles.